The lowest BCUT2D eigenvalue weighted by Crippen LogP contribution is -2.13. The fourth-order valence-electron chi connectivity index (χ4n) is 1.89. The van der Waals surface area contributed by atoms with Crippen molar-refractivity contribution in [2.24, 2.45) is 0 Å². The van der Waals surface area contributed by atoms with Crippen LogP contribution in [0.4, 0.5) is 30.6 Å². The molecule has 3 N–H and O–H groups in total. The van der Waals surface area contributed by atoms with Crippen molar-refractivity contribution < 1.29 is 22.8 Å². The fourth-order valence-corrected chi connectivity index (χ4v) is 1.89. The lowest BCUT2D eigenvalue weighted by atomic mass is 10.1. The molecule has 0 atom stereocenters. The van der Waals surface area contributed by atoms with Crippen LogP contribution in [0.25, 0.3) is 0 Å². The number of rotatable bonds is 5. The number of anilines is 2. The van der Waals surface area contributed by atoms with Gasteiger partial charge < -0.3 is 15.8 Å². The minimum Gasteiger partial charge on any atom is -0.497 e. The molecule has 2 rings (SSSR count). The Kier molecular flexibility index (Phi) is 4.71. The van der Waals surface area contributed by atoms with E-state index < -0.39 is 22.4 Å². The molecule has 2 aromatic rings. The molecule has 0 aliphatic rings. The third kappa shape index (κ3) is 3.80. The number of benzene rings is 1. The molecule has 0 unspecified atom stereocenters. The summed E-state index contributed by atoms with van der Waals surface area (Å²) in [7, 11) is 1.26. The number of methoxy groups -OCH3 is 1. The van der Waals surface area contributed by atoms with Crippen LogP contribution in [0.1, 0.15) is 11.1 Å². The molecule has 0 spiro atoms. The first kappa shape index (κ1) is 17.2. The Labute approximate surface area is 133 Å². The summed E-state index contributed by atoms with van der Waals surface area (Å²) in [5.74, 6) is -0.438. The molecule has 0 saturated heterocycles. The van der Waals surface area contributed by atoms with Crippen molar-refractivity contribution >= 4 is 17.5 Å². The molecule has 0 aliphatic carbocycles. The van der Waals surface area contributed by atoms with E-state index in [2.05, 4.69) is 15.3 Å². The normalized spacial score (nSPS) is 11.2. The Bertz CT molecular complexity index is 767. The maximum absolute atomic E-state index is 13.1. The number of nitro groups is 1. The second-order valence-electron chi connectivity index (χ2n) is 4.60. The number of alkyl halides is 3. The zero-order valence-electron chi connectivity index (χ0n) is 12.3. The van der Waals surface area contributed by atoms with Crippen molar-refractivity contribution in [2.45, 2.75) is 12.7 Å². The summed E-state index contributed by atoms with van der Waals surface area (Å²) >= 11 is 0. The molecule has 0 saturated carbocycles. The second-order valence-corrected chi connectivity index (χ2v) is 4.60. The third-order valence-electron chi connectivity index (χ3n) is 3.05. The topological polar surface area (TPSA) is 116 Å². The van der Waals surface area contributed by atoms with Crippen molar-refractivity contribution in [1.29, 1.82) is 0 Å². The first-order valence-corrected chi connectivity index (χ1v) is 6.47. The average Bonchev–Trinajstić information content (AvgIpc) is 2.51. The van der Waals surface area contributed by atoms with Gasteiger partial charge in [0.2, 0.25) is 11.8 Å². The van der Waals surface area contributed by atoms with E-state index in [-0.39, 0.29) is 29.6 Å². The Balaban J connectivity index is 2.23. The van der Waals surface area contributed by atoms with E-state index in [1.807, 2.05) is 0 Å². The van der Waals surface area contributed by atoms with E-state index in [1.165, 1.54) is 19.2 Å². The molecule has 128 valence electrons. The van der Waals surface area contributed by atoms with Crippen molar-refractivity contribution in [1.82, 2.24) is 9.97 Å². The number of nitrogens with one attached hydrogen (secondary N) is 1. The zero-order valence-corrected chi connectivity index (χ0v) is 12.3. The summed E-state index contributed by atoms with van der Waals surface area (Å²) in [6, 6.07) is 3.52. The van der Waals surface area contributed by atoms with Gasteiger partial charge in [-0.25, -0.2) is 4.98 Å². The molecule has 1 aromatic carbocycles. The van der Waals surface area contributed by atoms with Crippen LogP contribution < -0.4 is 15.8 Å². The molecule has 8 nitrogen and oxygen atoms in total. The predicted molar refractivity (Wildman–Crippen MR) is 78.4 cm³/mol. The Morgan fingerprint density at radius 1 is 1.42 bits per heavy atom. The van der Waals surface area contributed by atoms with Gasteiger partial charge in [0.05, 0.1) is 17.6 Å². The highest BCUT2D eigenvalue weighted by Crippen LogP contribution is 2.34. The predicted octanol–water partition coefficient (Wildman–Crippen LogP) is 2.61. The van der Waals surface area contributed by atoms with Crippen LogP contribution in [0.2, 0.25) is 0 Å². The summed E-state index contributed by atoms with van der Waals surface area (Å²) in [6.07, 6.45) is -3.69. The van der Waals surface area contributed by atoms with Gasteiger partial charge in [0.25, 0.3) is 0 Å². The van der Waals surface area contributed by atoms with Crippen LogP contribution in [-0.4, -0.2) is 22.0 Å². The molecule has 0 radical (unpaired) electrons. The third-order valence-corrected chi connectivity index (χ3v) is 3.05. The van der Waals surface area contributed by atoms with Crippen LogP contribution in [0.15, 0.2) is 24.4 Å². The molecular formula is C13H12F3N5O3. The second kappa shape index (κ2) is 6.56. The van der Waals surface area contributed by atoms with Crippen molar-refractivity contribution in [3.63, 3.8) is 0 Å². The van der Waals surface area contributed by atoms with Gasteiger partial charge in [-0.2, -0.15) is 18.2 Å². The van der Waals surface area contributed by atoms with Gasteiger partial charge in [0.1, 0.15) is 11.9 Å². The lowest BCUT2D eigenvalue weighted by molar-refractivity contribution is -0.384. The highest BCUT2D eigenvalue weighted by atomic mass is 19.4. The Morgan fingerprint density at radius 3 is 2.67 bits per heavy atom. The number of nitrogens with two attached hydrogens (primary N) is 1. The molecule has 1 aromatic heterocycles. The largest absolute Gasteiger partial charge is 0.497 e. The number of nitrogen functional groups attached to an aromatic ring is 1. The molecule has 24 heavy (non-hydrogen) atoms. The minimum absolute atomic E-state index is 0.0659. The standard InChI is InChI=1S/C13H12F3N5O3/c1-24-8-3-2-7(9(4-8)13(14,15)16)5-18-12-19-6-10(21(22)23)11(17)20-12/h2-4,6H,5H2,1H3,(H3,17,18,19,20). The molecular weight excluding hydrogens is 331 g/mol. The Hall–Kier alpha value is -3.11. The van der Waals surface area contributed by atoms with Crippen LogP contribution >= 0.6 is 0 Å². The van der Waals surface area contributed by atoms with Crippen LogP contribution in [-0.2, 0) is 12.7 Å². The summed E-state index contributed by atoms with van der Waals surface area (Å²) in [5.41, 5.74) is 3.98. The van der Waals surface area contributed by atoms with Crippen molar-refractivity contribution in [3.8, 4) is 5.75 Å². The zero-order chi connectivity index (χ0) is 17.9. The monoisotopic (exact) mass is 343 g/mol. The summed E-state index contributed by atoms with van der Waals surface area (Å²) in [6.45, 7) is -0.254. The van der Waals surface area contributed by atoms with E-state index >= 15 is 0 Å². The summed E-state index contributed by atoms with van der Waals surface area (Å²) in [4.78, 5) is 17.2. The number of aromatic nitrogens is 2. The molecule has 11 heteroatoms. The maximum atomic E-state index is 13.1. The highest BCUT2D eigenvalue weighted by molar-refractivity contribution is 5.53. The van der Waals surface area contributed by atoms with Crippen molar-refractivity contribution in [3.05, 3.63) is 45.6 Å². The SMILES string of the molecule is COc1ccc(CNc2ncc([N+](=O)[O-])c(N)n2)c(C(F)(F)F)c1. The van der Waals surface area contributed by atoms with E-state index in [0.29, 0.717) is 0 Å². The summed E-state index contributed by atoms with van der Waals surface area (Å²) < 4.78 is 44.1. The average molecular weight is 343 g/mol. The van der Waals surface area contributed by atoms with Gasteiger partial charge >= 0.3 is 11.9 Å². The highest BCUT2D eigenvalue weighted by Gasteiger charge is 2.33. The first-order valence-electron chi connectivity index (χ1n) is 6.47. The fraction of sp³-hybridized carbons (Fsp3) is 0.231. The van der Waals surface area contributed by atoms with Crippen molar-refractivity contribution in [2.75, 3.05) is 18.2 Å². The van der Waals surface area contributed by atoms with E-state index in [9.17, 15) is 23.3 Å². The van der Waals surface area contributed by atoms with Crippen LogP contribution in [0, 0.1) is 10.1 Å². The molecule has 0 amide bonds. The number of hydrogen-bond acceptors (Lipinski definition) is 7. The quantitative estimate of drug-likeness (QED) is 0.633. The van der Waals surface area contributed by atoms with Crippen LogP contribution in [0.5, 0.6) is 5.75 Å². The van der Waals surface area contributed by atoms with Gasteiger partial charge in [0, 0.05) is 6.54 Å². The van der Waals surface area contributed by atoms with E-state index in [1.54, 1.807) is 0 Å². The van der Waals surface area contributed by atoms with E-state index in [0.717, 1.165) is 12.3 Å². The molecule has 0 bridgehead atoms. The molecule has 0 fully saturated rings. The van der Waals surface area contributed by atoms with Gasteiger partial charge in [-0.1, -0.05) is 6.07 Å². The number of ether oxygens (including phenoxy) is 1. The molecule has 0 aliphatic heterocycles. The van der Waals surface area contributed by atoms with Gasteiger partial charge in [-0.15, -0.1) is 0 Å². The lowest BCUT2D eigenvalue weighted by Gasteiger charge is -2.14. The maximum Gasteiger partial charge on any atom is 0.416 e. The van der Waals surface area contributed by atoms with Gasteiger partial charge in [-0.3, -0.25) is 10.1 Å². The minimum atomic E-state index is -4.57. The Morgan fingerprint density at radius 2 is 2.12 bits per heavy atom. The van der Waals surface area contributed by atoms with E-state index in [4.69, 9.17) is 10.5 Å². The van der Waals surface area contributed by atoms with Crippen LogP contribution in [0.3, 0.4) is 0 Å². The number of hydrogen-bond donors (Lipinski definition) is 2. The van der Waals surface area contributed by atoms with Gasteiger partial charge in [0.15, 0.2) is 0 Å². The molecule has 1 heterocycles. The number of nitrogens with zero attached hydrogens (tertiary/aromatic N) is 3. The van der Waals surface area contributed by atoms with Gasteiger partial charge in [-0.05, 0) is 17.7 Å². The smallest absolute Gasteiger partial charge is 0.416 e. The number of halogens is 3. The first-order chi connectivity index (χ1) is 11.2. The summed E-state index contributed by atoms with van der Waals surface area (Å²) in [5, 5.41) is 13.2.